The molecule has 5 heteroatoms. The fourth-order valence-corrected chi connectivity index (χ4v) is 2.91. The number of amides is 2. The first-order chi connectivity index (χ1) is 11.9. The molecule has 5 nitrogen and oxygen atoms in total. The summed E-state index contributed by atoms with van der Waals surface area (Å²) in [5.41, 5.74) is 3.29. The van der Waals surface area contributed by atoms with Crippen LogP contribution >= 0.6 is 0 Å². The predicted octanol–water partition coefficient (Wildman–Crippen LogP) is 2.62. The molecule has 1 aromatic rings. The molecule has 0 aliphatic rings. The molecular formula is C20H33N3O2. The summed E-state index contributed by atoms with van der Waals surface area (Å²) in [5.74, 6) is -0.0203. The molecule has 0 saturated carbocycles. The third-order valence-corrected chi connectivity index (χ3v) is 4.28. The Bertz CT molecular complexity index is 548. The van der Waals surface area contributed by atoms with Gasteiger partial charge in [-0.2, -0.15) is 0 Å². The second-order valence-electron chi connectivity index (χ2n) is 6.56. The van der Waals surface area contributed by atoms with Gasteiger partial charge in [-0.3, -0.25) is 9.59 Å². The number of nitrogens with one attached hydrogen (secondary N) is 1. The first kappa shape index (κ1) is 21.2. The highest BCUT2D eigenvalue weighted by atomic mass is 16.2. The van der Waals surface area contributed by atoms with E-state index >= 15 is 0 Å². The van der Waals surface area contributed by atoms with E-state index in [-0.39, 0.29) is 11.8 Å². The Morgan fingerprint density at radius 3 is 2.12 bits per heavy atom. The Hall–Kier alpha value is -1.88. The van der Waals surface area contributed by atoms with E-state index < -0.39 is 0 Å². The van der Waals surface area contributed by atoms with Crippen LogP contribution in [-0.2, 0) is 22.4 Å². The largest absolute Gasteiger partial charge is 0.356 e. The first-order valence-corrected chi connectivity index (χ1v) is 9.20. The van der Waals surface area contributed by atoms with Gasteiger partial charge in [0.2, 0.25) is 11.8 Å². The van der Waals surface area contributed by atoms with Gasteiger partial charge in [0.25, 0.3) is 0 Å². The van der Waals surface area contributed by atoms with E-state index in [1.165, 1.54) is 0 Å². The summed E-state index contributed by atoms with van der Waals surface area (Å²) in [4.78, 5) is 28.2. The predicted molar refractivity (Wildman–Crippen MR) is 104 cm³/mol. The van der Waals surface area contributed by atoms with E-state index in [9.17, 15) is 9.59 Å². The van der Waals surface area contributed by atoms with Crippen LogP contribution in [0.15, 0.2) is 18.2 Å². The van der Waals surface area contributed by atoms with Gasteiger partial charge in [0.05, 0.1) is 0 Å². The zero-order valence-electron chi connectivity index (χ0n) is 16.4. The van der Waals surface area contributed by atoms with Crippen molar-refractivity contribution in [1.82, 2.24) is 10.2 Å². The van der Waals surface area contributed by atoms with E-state index in [4.69, 9.17) is 0 Å². The third-order valence-electron chi connectivity index (χ3n) is 4.28. The topological polar surface area (TPSA) is 52.7 Å². The molecule has 1 N–H and O–H groups in total. The molecule has 0 saturated heterocycles. The van der Waals surface area contributed by atoms with Crippen molar-refractivity contribution in [2.75, 3.05) is 38.6 Å². The maximum absolute atomic E-state index is 12.2. The Morgan fingerprint density at radius 1 is 1.04 bits per heavy atom. The molecule has 0 atom stereocenters. The van der Waals surface area contributed by atoms with E-state index in [2.05, 4.69) is 36.2 Å². The molecule has 0 fully saturated rings. The monoisotopic (exact) mass is 347 g/mol. The summed E-state index contributed by atoms with van der Waals surface area (Å²) in [6.07, 6.45) is 2.98. The number of benzene rings is 1. The lowest BCUT2D eigenvalue weighted by Crippen LogP contribution is -2.35. The Labute approximate surface area is 152 Å². The van der Waals surface area contributed by atoms with E-state index in [1.54, 1.807) is 11.8 Å². The van der Waals surface area contributed by atoms with Crippen molar-refractivity contribution in [1.29, 1.82) is 0 Å². The second-order valence-corrected chi connectivity index (χ2v) is 6.56. The molecule has 0 bridgehead atoms. The van der Waals surface area contributed by atoms with Crippen LogP contribution in [0.2, 0.25) is 0 Å². The van der Waals surface area contributed by atoms with Gasteiger partial charge in [0, 0.05) is 32.1 Å². The average molecular weight is 348 g/mol. The highest BCUT2D eigenvalue weighted by Crippen LogP contribution is 2.27. The SMILES string of the molecule is CCc1cccc(CC)c1N(CCC(=O)NCCCN(C)C)C(C)=O. The molecule has 140 valence electrons. The van der Waals surface area contributed by atoms with Crippen molar-refractivity contribution in [3.05, 3.63) is 29.3 Å². The van der Waals surface area contributed by atoms with Gasteiger partial charge in [0.15, 0.2) is 0 Å². The van der Waals surface area contributed by atoms with Gasteiger partial charge in [-0.05, 0) is 51.0 Å². The Balaban J connectivity index is 2.73. The molecule has 0 aromatic heterocycles. The van der Waals surface area contributed by atoms with Gasteiger partial charge in [-0.25, -0.2) is 0 Å². The number of carbonyl (C=O) groups is 2. The summed E-state index contributed by atoms with van der Waals surface area (Å²) in [6, 6.07) is 6.16. The van der Waals surface area contributed by atoms with Crippen LogP contribution in [0, 0.1) is 0 Å². The molecule has 1 aromatic carbocycles. The fraction of sp³-hybridized carbons (Fsp3) is 0.600. The minimum atomic E-state index is -0.0176. The second kappa shape index (κ2) is 10.9. The third kappa shape index (κ3) is 6.86. The highest BCUT2D eigenvalue weighted by Gasteiger charge is 2.18. The van der Waals surface area contributed by atoms with E-state index in [0.717, 1.165) is 42.6 Å². The maximum atomic E-state index is 12.2. The van der Waals surface area contributed by atoms with Crippen LogP contribution in [0.5, 0.6) is 0 Å². The zero-order chi connectivity index (χ0) is 18.8. The summed E-state index contributed by atoms with van der Waals surface area (Å²) >= 11 is 0. The van der Waals surface area contributed by atoms with Crippen molar-refractivity contribution < 1.29 is 9.59 Å². The zero-order valence-corrected chi connectivity index (χ0v) is 16.4. The van der Waals surface area contributed by atoms with Crippen molar-refractivity contribution in [2.24, 2.45) is 0 Å². The number of aryl methyl sites for hydroxylation is 2. The minimum Gasteiger partial charge on any atom is -0.356 e. The molecule has 0 radical (unpaired) electrons. The quantitative estimate of drug-likeness (QED) is 0.662. The molecule has 0 aliphatic carbocycles. The van der Waals surface area contributed by atoms with Crippen LogP contribution in [0.25, 0.3) is 0 Å². The Morgan fingerprint density at radius 2 is 1.64 bits per heavy atom. The number of hydrogen-bond acceptors (Lipinski definition) is 3. The maximum Gasteiger partial charge on any atom is 0.223 e. The molecule has 0 heterocycles. The fourth-order valence-electron chi connectivity index (χ4n) is 2.91. The number of hydrogen-bond donors (Lipinski definition) is 1. The van der Waals surface area contributed by atoms with Gasteiger partial charge >= 0.3 is 0 Å². The molecule has 0 unspecified atom stereocenters. The van der Waals surface area contributed by atoms with Gasteiger partial charge in [-0.1, -0.05) is 32.0 Å². The van der Waals surface area contributed by atoms with E-state index in [1.807, 2.05) is 20.2 Å². The molecule has 0 spiro atoms. The van der Waals surface area contributed by atoms with Crippen molar-refractivity contribution in [2.45, 2.75) is 46.5 Å². The Kier molecular flexibility index (Phi) is 9.21. The summed E-state index contributed by atoms with van der Waals surface area (Å²) in [5, 5.41) is 2.94. The lowest BCUT2D eigenvalue weighted by Gasteiger charge is -2.26. The summed E-state index contributed by atoms with van der Waals surface area (Å²) in [6.45, 7) is 7.79. The van der Waals surface area contributed by atoms with E-state index in [0.29, 0.717) is 19.5 Å². The highest BCUT2D eigenvalue weighted by molar-refractivity contribution is 5.94. The number of nitrogens with zero attached hydrogens (tertiary/aromatic N) is 2. The average Bonchev–Trinajstić information content (AvgIpc) is 2.58. The summed E-state index contributed by atoms with van der Waals surface area (Å²) < 4.78 is 0. The molecular weight excluding hydrogens is 314 g/mol. The van der Waals surface area contributed by atoms with Crippen LogP contribution in [-0.4, -0.2) is 50.4 Å². The smallest absolute Gasteiger partial charge is 0.223 e. The van der Waals surface area contributed by atoms with Crippen molar-refractivity contribution >= 4 is 17.5 Å². The number of anilines is 1. The number of rotatable bonds is 10. The molecule has 2 amide bonds. The van der Waals surface area contributed by atoms with Crippen molar-refractivity contribution in [3.8, 4) is 0 Å². The van der Waals surface area contributed by atoms with Crippen LogP contribution in [0.4, 0.5) is 5.69 Å². The summed E-state index contributed by atoms with van der Waals surface area (Å²) in [7, 11) is 4.03. The van der Waals surface area contributed by atoms with Gasteiger partial charge in [-0.15, -0.1) is 0 Å². The van der Waals surface area contributed by atoms with Crippen LogP contribution in [0.1, 0.15) is 44.7 Å². The number of carbonyl (C=O) groups excluding carboxylic acids is 2. The van der Waals surface area contributed by atoms with Gasteiger partial charge < -0.3 is 15.1 Å². The molecule has 0 aliphatic heterocycles. The van der Waals surface area contributed by atoms with Crippen molar-refractivity contribution in [3.63, 3.8) is 0 Å². The lowest BCUT2D eigenvalue weighted by molar-refractivity contribution is -0.121. The molecule has 25 heavy (non-hydrogen) atoms. The first-order valence-electron chi connectivity index (χ1n) is 9.20. The number of para-hydroxylation sites is 1. The lowest BCUT2D eigenvalue weighted by atomic mass is 10.0. The minimum absolute atomic E-state index is 0.00275. The van der Waals surface area contributed by atoms with Crippen LogP contribution < -0.4 is 10.2 Å². The molecule has 1 rings (SSSR count). The standard InChI is InChI=1S/C20H33N3O2/c1-6-17-10-8-11-18(7-2)20(17)23(16(3)24)15-12-19(25)21-13-9-14-22(4)5/h8,10-11H,6-7,9,12-15H2,1-5H3,(H,21,25). The van der Waals surface area contributed by atoms with Gasteiger partial charge in [0.1, 0.15) is 0 Å². The van der Waals surface area contributed by atoms with Crippen LogP contribution in [0.3, 0.4) is 0 Å². The normalized spacial score (nSPS) is 10.8.